The van der Waals surface area contributed by atoms with Crippen molar-refractivity contribution in [2.75, 3.05) is 14.1 Å². The second kappa shape index (κ2) is 7.28. The Bertz CT molecular complexity index is 510. The van der Waals surface area contributed by atoms with Gasteiger partial charge in [-0.1, -0.05) is 13.0 Å². The van der Waals surface area contributed by atoms with Crippen molar-refractivity contribution in [3.8, 4) is 0 Å². The summed E-state index contributed by atoms with van der Waals surface area (Å²) in [6, 6.07) is 0. The fourth-order valence-electron chi connectivity index (χ4n) is 6.20. The predicted octanol–water partition coefficient (Wildman–Crippen LogP) is 3.60. The van der Waals surface area contributed by atoms with Crippen LogP contribution in [0.3, 0.4) is 0 Å². The third kappa shape index (κ3) is 3.30. The average molecular weight is 354 g/mol. The number of aliphatic hydroxyl groups excluding tert-OH is 1. The van der Waals surface area contributed by atoms with Gasteiger partial charge in [-0.25, -0.2) is 4.39 Å². The lowest BCUT2D eigenvalue weighted by molar-refractivity contribution is -0.0609. The van der Waals surface area contributed by atoms with Crippen LogP contribution in [0, 0.1) is 23.2 Å². The standard InChI is InChI=1S/C19H29FO2.C2H7N/c1-18-8-7-14-10-13-11-15(21)3-2-12(13)6-9-19(14,22)16(18)4-5-17(18)20;1-3-2/h7,12-13,15-17,21-22H,2-6,8-11H2,1H3;3H,1-2H3/t12?,13?,15?,16?,17?,18?,19-;/m1./s1. The molecule has 4 heteroatoms. The lowest BCUT2D eigenvalue weighted by atomic mass is 9.60. The zero-order chi connectivity index (χ0) is 18.2. The monoisotopic (exact) mass is 353 g/mol. The largest absolute Gasteiger partial charge is 0.393 e. The molecule has 3 N–H and O–H groups in total. The van der Waals surface area contributed by atoms with Gasteiger partial charge in [-0.15, -0.1) is 0 Å². The molecule has 0 aromatic heterocycles. The molecule has 3 saturated carbocycles. The van der Waals surface area contributed by atoms with Crippen LogP contribution in [-0.4, -0.2) is 42.2 Å². The van der Waals surface area contributed by atoms with Gasteiger partial charge in [0.2, 0.25) is 0 Å². The number of hydrogen-bond donors (Lipinski definition) is 3. The van der Waals surface area contributed by atoms with Gasteiger partial charge in [0.25, 0.3) is 0 Å². The van der Waals surface area contributed by atoms with E-state index in [1.807, 2.05) is 21.0 Å². The first kappa shape index (κ1) is 19.3. The first-order valence-electron chi connectivity index (χ1n) is 10.2. The van der Waals surface area contributed by atoms with Gasteiger partial charge in [0.05, 0.1) is 11.7 Å². The van der Waals surface area contributed by atoms with Crippen molar-refractivity contribution in [2.24, 2.45) is 23.2 Å². The van der Waals surface area contributed by atoms with Crippen molar-refractivity contribution in [3.63, 3.8) is 0 Å². The number of aliphatic hydroxyl groups is 2. The maximum atomic E-state index is 14.4. The summed E-state index contributed by atoms with van der Waals surface area (Å²) in [6.07, 6.45) is 9.06. The van der Waals surface area contributed by atoms with Crippen LogP contribution in [0.15, 0.2) is 11.6 Å². The minimum atomic E-state index is -0.782. The van der Waals surface area contributed by atoms with E-state index in [9.17, 15) is 14.6 Å². The number of fused-ring (bicyclic) bond motifs is 4. The molecule has 6 unspecified atom stereocenters. The number of alkyl halides is 1. The van der Waals surface area contributed by atoms with Crippen LogP contribution in [0.5, 0.6) is 0 Å². The molecule has 0 aromatic carbocycles. The molecule has 4 rings (SSSR count). The molecule has 3 nitrogen and oxygen atoms in total. The fraction of sp³-hybridized carbons (Fsp3) is 0.905. The van der Waals surface area contributed by atoms with Crippen molar-refractivity contribution in [2.45, 2.75) is 82.6 Å². The zero-order valence-electron chi connectivity index (χ0n) is 16.1. The van der Waals surface area contributed by atoms with E-state index in [1.165, 1.54) is 5.57 Å². The Morgan fingerprint density at radius 2 is 1.84 bits per heavy atom. The molecule has 0 aliphatic heterocycles. The van der Waals surface area contributed by atoms with Gasteiger partial charge in [-0.2, -0.15) is 0 Å². The smallest absolute Gasteiger partial charge is 0.106 e. The Hall–Kier alpha value is -0.450. The lowest BCUT2D eigenvalue weighted by Crippen LogP contribution is -2.50. The summed E-state index contributed by atoms with van der Waals surface area (Å²) < 4.78 is 14.4. The minimum Gasteiger partial charge on any atom is -0.393 e. The lowest BCUT2D eigenvalue weighted by Gasteiger charge is -2.48. The Morgan fingerprint density at radius 1 is 1.12 bits per heavy atom. The summed E-state index contributed by atoms with van der Waals surface area (Å²) in [5.74, 6) is 1.23. The summed E-state index contributed by atoms with van der Waals surface area (Å²) >= 11 is 0. The molecule has 0 radical (unpaired) electrons. The van der Waals surface area contributed by atoms with Crippen molar-refractivity contribution in [1.82, 2.24) is 5.32 Å². The van der Waals surface area contributed by atoms with Crippen LogP contribution in [0.4, 0.5) is 4.39 Å². The molecule has 7 atom stereocenters. The van der Waals surface area contributed by atoms with Crippen LogP contribution < -0.4 is 5.32 Å². The predicted molar refractivity (Wildman–Crippen MR) is 99.0 cm³/mol. The third-order valence-corrected chi connectivity index (χ3v) is 7.63. The van der Waals surface area contributed by atoms with Crippen LogP contribution in [0.25, 0.3) is 0 Å². The normalized spacial score (nSPS) is 48.9. The summed E-state index contributed by atoms with van der Waals surface area (Å²) in [4.78, 5) is 0. The molecular formula is C21H36FNO2. The van der Waals surface area contributed by atoms with Gasteiger partial charge in [-0.05, 0) is 89.3 Å². The molecule has 0 bridgehead atoms. The van der Waals surface area contributed by atoms with Crippen molar-refractivity contribution in [3.05, 3.63) is 11.6 Å². The molecule has 0 aromatic rings. The third-order valence-electron chi connectivity index (χ3n) is 7.63. The molecule has 4 aliphatic rings. The molecule has 4 aliphatic carbocycles. The molecule has 0 saturated heterocycles. The van der Waals surface area contributed by atoms with Crippen molar-refractivity contribution in [1.29, 1.82) is 0 Å². The van der Waals surface area contributed by atoms with Crippen LogP contribution in [0.2, 0.25) is 0 Å². The number of allylic oxidation sites excluding steroid dienone is 1. The molecular weight excluding hydrogens is 317 g/mol. The van der Waals surface area contributed by atoms with E-state index in [0.717, 1.165) is 51.4 Å². The van der Waals surface area contributed by atoms with Crippen LogP contribution >= 0.6 is 0 Å². The molecule has 3 fully saturated rings. The molecule has 0 spiro atoms. The van der Waals surface area contributed by atoms with Gasteiger partial charge in [0.1, 0.15) is 6.17 Å². The Kier molecular flexibility index (Phi) is 5.63. The minimum absolute atomic E-state index is 0.0834. The van der Waals surface area contributed by atoms with Gasteiger partial charge in [-0.3, -0.25) is 0 Å². The molecule has 25 heavy (non-hydrogen) atoms. The Balaban J connectivity index is 0.000000569. The van der Waals surface area contributed by atoms with E-state index in [-0.39, 0.29) is 17.4 Å². The van der Waals surface area contributed by atoms with Crippen LogP contribution in [-0.2, 0) is 0 Å². The highest BCUT2D eigenvalue weighted by molar-refractivity contribution is 5.29. The summed E-state index contributed by atoms with van der Waals surface area (Å²) in [5, 5.41) is 24.3. The topological polar surface area (TPSA) is 52.5 Å². The number of hydrogen-bond acceptors (Lipinski definition) is 3. The van der Waals surface area contributed by atoms with E-state index in [1.54, 1.807) is 0 Å². The molecule has 144 valence electrons. The van der Waals surface area contributed by atoms with E-state index in [4.69, 9.17) is 0 Å². The van der Waals surface area contributed by atoms with E-state index in [0.29, 0.717) is 18.3 Å². The summed E-state index contributed by atoms with van der Waals surface area (Å²) in [7, 11) is 3.75. The quantitative estimate of drug-likeness (QED) is 0.583. The Labute approximate surface area is 152 Å². The average Bonchev–Trinajstić information content (AvgIpc) is 2.79. The Morgan fingerprint density at radius 3 is 2.56 bits per heavy atom. The van der Waals surface area contributed by atoms with Gasteiger partial charge >= 0.3 is 0 Å². The number of halogens is 1. The number of rotatable bonds is 0. The first-order chi connectivity index (χ1) is 11.8. The summed E-state index contributed by atoms with van der Waals surface area (Å²) in [5.41, 5.74) is 0.0225. The highest BCUT2D eigenvalue weighted by Gasteiger charge is 2.59. The first-order valence-corrected chi connectivity index (χ1v) is 10.2. The van der Waals surface area contributed by atoms with Crippen LogP contribution in [0.1, 0.15) is 64.7 Å². The highest BCUT2D eigenvalue weighted by Crippen LogP contribution is 2.60. The van der Waals surface area contributed by atoms with Gasteiger partial charge < -0.3 is 15.5 Å². The fourth-order valence-corrected chi connectivity index (χ4v) is 6.20. The van der Waals surface area contributed by atoms with Crippen molar-refractivity contribution >= 4 is 0 Å². The summed E-state index contributed by atoms with van der Waals surface area (Å²) in [6.45, 7) is 2.04. The highest BCUT2D eigenvalue weighted by atomic mass is 19.1. The SMILES string of the molecule is CC12CC=C3CC4CC(O)CCC4CC[C@]3(O)C1CCC2F.CNC. The maximum Gasteiger partial charge on any atom is 0.106 e. The second-order valence-corrected chi connectivity index (χ2v) is 9.19. The molecule has 0 heterocycles. The molecule has 0 amide bonds. The second-order valence-electron chi connectivity index (χ2n) is 9.19. The maximum absolute atomic E-state index is 14.4. The number of nitrogens with one attached hydrogen (secondary N) is 1. The van der Waals surface area contributed by atoms with Crippen molar-refractivity contribution < 1.29 is 14.6 Å². The van der Waals surface area contributed by atoms with Gasteiger partial charge in [0.15, 0.2) is 0 Å². The van der Waals surface area contributed by atoms with Gasteiger partial charge in [0, 0.05) is 11.3 Å². The van der Waals surface area contributed by atoms with E-state index in [2.05, 4.69) is 11.4 Å². The van der Waals surface area contributed by atoms with E-state index < -0.39 is 11.8 Å². The zero-order valence-corrected chi connectivity index (χ0v) is 16.1. The van der Waals surface area contributed by atoms with E-state index >= 15 is 0 Å².